The highest BCUT2D eigenvalue weighted by molar-refractivity contribution is 8.00. The van der Waals surface area contributed by atoms with Crippen molar-refractivity contribution in [3.8, 4) is 0 Å². The highest BCUT2D eigenvalue weighted by atomic mass is 32.2. The molecule has 1 fully saturated rings. The molecule has 1 aliphatic heterocycles. The van der Waals surface area contributed by atoms with E-state index in [2.05, 4.69) is 52.9 Å². The minimum atomic E-state index is 0.412. The lowest BCUT2D eigenvalue weighted by atomic mass is 10.1. The van der Waals surface area contributed by atoms with E-state index in [0.29, 0.717) is 4.75 Å². The molecular weight excluding hydrogens is 242 g/mol. The number of anilines is 1. The molecule has 0 radical (unpaired) electrons. The molecule has 1 aromatic rings. The van der Waals surface area contributed by atoms with Gasteiger partial charge in [-0.25, -0.2) is 0 Å². The van der Waals surface area contributed by atoms with Crippen molar-refractivity contribution in [2.24, 2.45) is 0 Å². The topological polar surface area (TPSA) is 28.2 Å². The Hall–Kier alpha value is -0.740. The van der Waals surface area contributed by atoms with Gasteiger partial charge >= 0.3 is 0 Å². The fraction of sp³-hybridized carbons (Fsp3) is 0.643. The van der Waals surface area contributed by atoms with Crippen LogP contribution in [-0.2, 0) is 6.54 Å². The highest BCUT2D eigenvalue weighted by Crippen LogP contribution is 2.32. The number of pyridine rings is 1. The molecular formula is C14H23N3S. The van der Waals surface area contributed by atoms with Crippen LogP contribution < -0.4 is 10.2 Å². The van der Waals surface area contributed by atoms with Crippen LogP contribution in [0.2, 0.25) is 0 Å². The van der Waals surface area contributed by atoms with Crippen LogP contribution in [-0.4, -0.2) is 35.6 Å². The predicted octanol–water partition coefficient (Wildman–Crippen LogP) is 2.52. The van der Waals surface area contributed by atoms with Crippen molar-refractivity contribution < 1.29 is 0 Å². The van der Waals surface area contributed by atoms with E-state index in [4.69, 9.17) is 0 Å². The Morgan fingerprint density at radius 1 is 1.44 bits per heavy atom. The van der Waals surface area contributed by atoms with Crippen LogP contribution in [0.5, 0.6) is 0 Å². The minimum absolute atomic E-state index is 0.412. The van der Waals surface area contributed by atoms with Crippen LogP contribution >= 0.6 is 11.8 Å². The molecule has 0 aromatic carbocycles. The maximum atomic E-state index is 4.38. The van der Waals surface area contributed by atoms with E-state index in [0.717, 1.165) is 25.3 Å². The van der Waals surface area contributed by atoms with Crippen molar-refractivity contribution in [2.45, 2.75) is 31.6 Å². The van der Waals surface area contributed by atoms with Crippen LogP contribution in [0.3, 0.4) is 0 Å². The maximum absolute atomic E-state index is 4.38. The van der Waals surface area contributed by atoms with E-state index < -0.39 is 0 Å². The van der Waals surface area contributed by atoms with Gasteiger partial charge in [-0.2, -0.15) is 11.8 Å². The zero-order valence-corrected chi connectivity index (χ0v) is 12.4. The van der Waals surface area contributed by atoms with Crippen molar-refractivity contribution >= 4 is 17.4 Å². The van der Waals surface area contributed by atoms with E-state index in [-0.39, 0.29) is 0 Å². The third kappa shape index (κ3) is 3.62. The molecule has 0 spiro atoms. The summed E-state index contributed by atoms with van der Waals surface area (Å²) in [6, 6.07) is 4.33. The Morgan fingerprint density at radius 2 is 2.28 bits per heavy atom. The van der Waals surface area contributed by atoms with Gasteiger partial charge in [-0.1, -0.05) is 13.8 Å². The molecule has 3 nitrogen and oxygen atoms in total. The maximum Gasteiger partial charge on any atom is 0.0562 e. The number of nitrogens with one attached hydrogen (secondary N) is 1. The lowest BCUT2D eigenvalue weighted by Crippen LogP contribution is -2.27. The number of hydrogen-bond acceptors (Lipinski definition) is 4. The van der Waals surface area contributed by atoms with E-state index in [1.807, 2.05) is 13.2 Å². The molecule has 0 unspecified atom stereocenters. The first-order chi connectivity index (χ1) is 8.61. The molecule has 1 aromatic heterocycles. The largest absolute Gasteiger partial charge is 0.371 e. The first-order valence-corrected chi connectivity index (χ1v) is 7.58. The zero-order valence-electron chi connectivity index (χ0n) is 11.6. The van der Waals surface area contributed by atoms with Crippen molar-refractivity contribution in [1.82, 2.24) is 10.3 Å². The average Bonchev–Trinajstić information content (AvgIpc) is 2.51. The fourth-order valence-electron chi connectivity index (χ4n) is 2.22. The van der Waals surface area contributed by atoms with Crippen molar-refractivity contribution in [3.05, 3.63) is 24.0 Å². The van der Waals surface area contributed by atoms with E-state index in [1.165, 1.54) is 17.9 Å². The summed E-state index contributed by atoms with van der Waals surface area (Å²) >= 11 is 2.08. The number of rotatable bonds is 3. The molecule has 100 valence electrons. The second-order valence-corrected chi connectivity index (χ2v) is 7.18. The van der Waals surface area contributed by atoms with Crippen LogP contribution in [0.15, 0.2) is 18.3 Å². The summed E-state index contributed by atoms with van der Waals surface area (Å²) in [4.78, 5) is 6.87. The average molecular weight is 265 g/mol. The summed E-state index contributed by atoms with van der Waals surface area (Å²) in [6.07, 6.45) is 3.16. The molecule has 0 bridgehead atoms. The van der Waals surface area contributed by atoms with Crippen molar-refractivity contribution in [2.75, 3.05) is 30.8 Å². The molecule has 1 saturated heterocycles. The van der Waals surface area contributed by atoms with Gasteiger partial charge in [-0.3, -0.25) is 4.98 Å². The van der Waals surface area contributed by atoms with E-state index in [1.54, 1.807) is 0 Å². The third-order valence-electron chi connectivity index (χ3n) is 3.36. The summed E-state index contributed by atoms with van der Waals surface area (Å²) in [5.74, 6) is 1.21. The van der Waals surface area contributed by atoms with E-state index in [9.17, 15) is 0 Å². The van der Waals surface area contributed by atoms with Gasteiger partial charge in [0.05, 0.1) is 5.69 Å². The Labute approximate surface area is 114 Å². The van der Waals surface area contributed by atoms with Crippen LogP contribution in [0.4, 0.5) is 5.69 Å². The van der Waals surface area contributed by atoms with Crippen molar-refractivity contribution in [3.63, 3.8) is 0 Å². The summed E-state index contributed by atoms with van der Waals surface area (Å²) in [5, 5.41) is 3.15. The first kappa shape index (κ1) is 13.7. The molecule has 0 aliphatic carbocycles. The summed E-state index contributed by atoms with van der Waals surface area (Å²) in [5.41, 5.74) is 2.43. The highest BCUT2D eigenvalue weighted by Gasteiger charge is 2.23. The minimum Gasteiger partial charge on any atom is -0.371 e. The summed E-state index contributed by atoms with van der Waals surface area (Å²) in [6.45, 7) is 7.81. The van der Waals surface area contributed by atoms with Crippen molar-refractivity contribution in [1.29, 1.82) is 0 Å². The summed E-state index contributed by atoms with van der Waals surface area (Å²) < 4.78 is 0.412. The smallest absolute Gasteiger partial charge is 0.0562 e. The normalized spacial score (nSPS) is 19.6. The van der Waals surface area contributed by atoms with Crippen LogP contribution in [0.1, 0.15) is 26.0 Å². The van der Waals surface area contributed by atoms with Gasteiger partial charge in [0.2, 0.25) is 0 Å². The number of aromatic nitrogens is 1. The van der Waals surface area contributed by atoms with Gasteiger partial charge in [-0.15, -0.1) is 0 Å². The molecule has 2 rings (SSSR count). The Balaban J connectivity index is 2.08. The fourth-order valence-corrected chi connectivity index (χ4v) is 3.32. The van der Waals surface area contributed by atoms with E-state index >= 15 is 0 Å². The lowest BCUT2D eigenvalue weighted by Gasteiger charge is -2.24. The van der Waals surface area contributed by atoms with Gasteiger partial charge in [0, 0.05) is 42.0 Å². The second-order valence-electron chi connectivity index (χ2n) is 5.38. The Morgan fingerprint density at radius 3 is 3.06 bits per heavy atom. The molecule has 1 N–H and O–H groups in total. The zero-order chi connectivity index (χ0) is 13.0. The first-order valence-electron chi connectivity index (χ1n) is 6.59. The van der Waals surface area contributed by atoms with Gasteiger partial charge < -0.3 is 10.2 Å². The lowest BCUT2D eigenvalue weighted by molar-refractivity contribution is 0.637. The number of nitrogens with zero attached hydrogens (tertiary/aromatic N) is 2. The molecule has 1 aliphatic rings. The molecule has 0 saturated carbocycles. The SMILES string of the molecule is CNCc1cc(N2CCSC(C)(C)CC2)ccn1. The quantitative estimate of drug-likeness (QED) is 0.909. The van der Waals surface area contributed by atoms with Crippen LogP contribution in [0.25, 0.3) is 0 Å². The van der Waals surface area contributed by atoms with Crippen LogP contribution in [0, 0.1) is 0 Å². The molecule has 0 atom stereocenters. The number of thioether (sulfide) groups is 1. The standard InChI is InChI=1S/C14H23N3S/c1-14(2)5-7-17(8-9-18-14)13-4-6-16-12(10-13)11-15-3/h4,6,10,15H,5,7-9,11H2,1-3H3. The number of hydrogen-bond donors (Lipinski definition) is 1. The molecule has 18 heavy (non-hydrogen) atoms. The van der Waals surface area contributed by atoms with Gasteiger partial charge in [0.15, 0.2) is 0 Å². The predicted molar refractivity (Wildman–Crippen MR) is 80.4 cm³/mol. The van der Waals surface area contributed by atoms with Gasteiger partial charge in [-0.05, 0) is 25.6 Å². The third-order valence-corrected chi connectivity index (χ3v) is 4.73. The molecule has 2 heterocycles. The summed E-state index contributed by atoms with van der Waals surface area (Å²) in [7, 11) is 1.96. The van der Waals surface area contributed by atoms with Gasteiger partial charge in [0.1, 0.15) is 0 Å². The van der Waals surface area contributed by atoms with Gasteiger partial charge in [0.25, 0.3) is 0 Å². The Kier molecular flexibility index (Phi) is 4.51. The molecule has 0 amide bonds. The second kappa shape index (κ2) is 5.93. The monoisotopic (exact) mass is 265 g/mol. The molecule has 4 heteroatoms. The Bertz CT molecular complexity index is 392.